The molecule has 72 valence electrons. The average Bonchev–Trinajstić information content (AvgIpc) is 2.09. The van der Waals surface area contributed by atoms with Crippen LogP contribution in [0, 0.1) is 0 Å². The predicted octanol–water partition coefficient (Wildman–Crippen LogP) is -3.22. The van der Waals surface area contributed by atoms with Gasteiger partial charge in [0.15, 0.2) is 0 Å². The first kappa shape index (κ1) is 9.85. The summed E-state index contributed by atoms with van der Waals surface area (Å²) >= 11 is 0. The van der Waals surface area contributed by atoms with E-state index in [4.69, 9.17) is 20.4 Å². The molecular formula is C6H12O6. The highest BCUT2D eigenvalue weighted by Gasteiger charge is 2.47. The first-order valence-corrected chi connectivity index (χ1v) is 3.52. The molecule has 1 fully saturated rings. The molecule has 1 aliphatic rings. The van der Waals surface area contributed by atoms with Crippen molar-refractivity contribution in [2.75, 3.05) is 13.2 Å². The first-order chi connectivity index (χ1) is 5.51. The Morgan fingerprint density at radius 2 is 1.92 bits per heavy atom. The molecule has 6 nitrogen and oxygen atoms in total. The predicted molar refractivity (Wildman–Crippen MR) is 36.0 cm³/mol. The summed E-state index contributed by atoms with van der Waals surface area (Å²) in [4.78, 5) is 0. The van der Waals surface area contributed by atoms with Gasteiger partial charge in [-0.1, -0.05) is 0 Å². The fourth-order valence-corrected chi connectivity index (χ4v) is 1.03. The van der Waals surface area contributed by atoms with Crippen LogP contribution in [0.4, 0.5) is 0 Å². The molecule has 5 N–H and O–H groups in total. The molecule has 1 saturated heterocycles. The van der Waals surface area contributed by atoms with Gasteiger partial charge in [0.1, 0.15) is 18.3 Å². The van der Waals surface area contributed by atoms with E-state index in [9.17, 15) is 5.11 Å². The van der Waals surface area contributed by atoms with Crippen LogP contribution in [0.1, 0.15) is 0 Å². The molecule has 2 unspecified atom stereocenters. The quantitative estimate of drug-likeness (QED) is 0.290. The summed E-state index contributed by atoms with van der Waals surface area (Å²) in [6.45, 7) is -1.16. The second-order valence-electron chi connectivity index (χ2n) is 2.82. The van der Waals surface area contributed by atoms with Gasteiger partial charge < -0.3 is 30.3 Å². The van der Waals surface area contributed by atoms with Crippen LogP contribution in [0.3, 0.4) is 0 Å². The summed E-state index contributed by atoms with van der Waals surface area (Å²) in [6, 6.07) is 0. The molecule has 0 spiro atoms. The molecule has 1 aliphatic heterocycles. The van der Waals surface area contributed by atoms with Crippen molar-refractivity contribution in [2.24, 2.45) is 0 Å². The van der Waals surface area contributed by atoms with E-state index in [0.29, 0.717) is 0 Å². The smallest absolute Gasteiger partial charge is 0.218 e. The van der Waals surface area contributed by atoms with E-state index < -0.39 is 30.7 Å². The van der Waals surface area contributed by atoms with Crippen molar-refractivity contribution in [3.8, 4) is 0 Å². The van der Waals surface area contributed by atoms with Crippen molar-refractivity contribution in [3.63, 3.8) is 0 Å². The Balaban J connectivity index is 2.71. The SMILES string of the molecule is OC[C@]1(O)OC[C@@H](O)C(O)C1O. The van der Waals surface area contributed by atoms with E-state index in [2.05, 4.69) is 4.74 Å². The third kappa shape index (κ3) is 1.45. The Morgan fingerprint density at radius 3 is 2.42 bits per heavy atom. The van der Waals surface area contributed by atoms with E-state index in [-0.39, 0.29) is 6.61 Å². The number of hydrogen-bond donors (Lipinski definition) is 5. The molecule has 1 heterocycles. The van der Waals surface area contributed by atoms with E-state index in [1.54, 1.807) is 0 Å². The first-order valence-electron chi connectivity index (χ1n) is 3.52. The van der Waals surface area contributed by atoms with Crippen molar-refractivity contribution in [1.82, 2.24) is 0 Å². The average molecular weight is 180 g/mol. The van der Waals surface area contributed by atoms with E-state index >= 15 is 0 Å². The highest BCUT2D eigenvalue weighted by atomic mass is 16.7. The summed E-state index contributed by atoms with van der Waals surface area (Å²) in [7, 11) is 0. The van der Waals surface area contributed by atoms with Crippen molar-refractivity contribution in [2.45, 2.75) is 24.1 Å². The molecule has 0 aromatic carbocycles. The molecule has 4 atom stereocenters. The monoisotopic (exact) mass is 180 g/mol. The van der Waals surface area contributed by atoms with Gasteiger partial charge in [-0.3, -0.25) is 0 Å². The lowest BCUT2D eigenvalue weighted by molar-refractivity contribution is -0.331. The number of aliphatic hydroxyl groups is 5. The van der Waals surface area contributed by atoms with Crippen molar-refractivity contribution < 1.29 is 30.3 Å². The summed E-state index contributed by atoms with van der Waals surface area (Å²) in [5, 5.41) is 45.0. The van der Waals surface area contributed by atoms with Crippen LogP contribution in [0.2, 0.25) is 0 Å². The molecule has 0 amide bonds. The van der Waals surface area contributed by atoms with Gasteiger partial charge in [0, 0.05) is 0 Å². The maximum atomic E-state index is 9.24. The van der Waals surface area contributed by atoms with Crippen molar-refractivity contribution in [1.29, 1.82) is 0 Å². The summed E-state index contributed by atoms with van der Waals surface area (Å²) in [5.41, 5.74) is 0. The van der Waals surface area contributed by atoms with Crippen LogP contribution < -0.4 is 0 Å². The van der Waals surface area contributed by atoms with E-state index in [0.717, 1.165) is 0 Å². The van der Waals surface area contributed by atoms with Crippen LogP contribution in [0.15, 0.2) is 0 Å². The normalized spacial score (nSPS) is 49.2. The molecule has 6 heteroatoms. The lowest BCUT2D eigenvalue weighted by Gasteiger charge is -2.40. The molecule has 0 radical (unpaired) electrons. The summed E-state index contributed by atoms with van der Waals surface area (Å²) in [5.74, 6) is -2.17. The number of ether oxygens (including phenoxy) is 1. The lowest BCUT2D eigenvalue weighted by atomic mass is 9.98. The zero-order valence-electron chi connectivity index (χ0n) is 6.29. The fraction of sp³-hybridized carbons (Fsp3) is 1.00. The minimum absolute atomic E-state index is 0.324. The molecule has 0 bridgehead atoms. The molecule has 12 heavy (non-hydrogen) atoms. The third-order valence-electron chi connectivity index (χ3n) is 1.91. The Labute approximate surface area is 68.6 Å². The van der Waals surface area contributed by atoms with Gasteiger partial charge in [-0.2, -0.15) is 0 Å². The Bertz CT molecular complexity index is 162. The minimum atomic E-state index is -2.17. The van der Waals surface area contributed by atoms with Crippen molar-refractivity contribution >= 4 is 0 Å². The Hall–Kier alpha value is -0.240. The van der Waals surface area contributed by atoms with Crippen LogP contribution in [0.5, 0.6) is 0 Å². The fourth-order valence-electron chi connectivity index (χ4n) is 1.03. The molecule has 0 aromatic heterocycles. The number of rotatable bonds is 1. The van der Waals surface area contributed by atoms with Crippen LogP contribution >= 0.6 is 0 Å². The van der Waals surface area contributed by atoms with Gasteiger partial charge in [-0.05, 0) is 0 Å². The van der Waals surface area contributed by atoms with Gasteiger partial charge in [0.25, 0.3) is 0 Å². The zero-order valence-corrected chi connectivity index (χ0v) is 6.29. The molecule has 0 saturated carbocycles. The summed E-state index contributed by atoms with van der Waals surface area (Å²) in [6.07, 6.45) is -4.45. The second kappa shape index (κ2) is 3.25. The largest absolute Gasteiger partial charge is 0.391 e. The van der Waals surface area contributed by atoms with Crippen LogP contribution in [0.25, 0.3) is 0 Å². The minimum Gasteiger partial charge on any atom is -0.391 e. The number of hydrogen-bond acceptors (Lipinski definition) is 6. The zero-order chi connectivity index (χ0) is 9.35. The van der Waals surface area contributed by atoms with Gasteiger partial charge in [0.05, 0.1) is 13.2 Å². The lowest BCUT2D eigenvalue weighted by Crippen LogP contribution is -2.62. The number of aliphatic hydroxyl groups excluding tert-OH is 4. The van der Waals surface area contributed by atoms with Crippen LogP contribution in [-0.4, -0.2) is 62.8 Å². The van der Waals surface area contributed by atoms with Crippen LogP contribution in [-0.2, 0) is 4.74 Å². The molecule has 0 aliphatic carbocycles. The maximum Gasteiger partial charge on any atom is 0.218 e. The Kier molecular flexibility index (Phi) is 2.67. The van der Waals surface area contributed by atoms with Gasteiger partial charge in [-0.25, -0.2) is 0 Å². The Morgan fingerprint density at radius 1 is 1.33 bits per heavy atom. The standard InChI is InChI=1S/C6H12O6/c7-2-6(11)5(10)4(9)3(8)1-12-6/h3-5,7-11H,1-2H2/t3-,4?,5?,6+/m1/s1. The highest BCUT2D eigenvalue weighted by Crippen LogP contribution is 2.22. The second-order valence-corrected chi connectivity index (χ2v) is 2.82. The van der Waals surface area contributed by atoms with E-state index in [1.165, 1.54) is 0 Å². The molecular weight excluding hydrogens is 168 g/mol. The topological polar surface area (TPSA) is 110 Å². The molecule has 1 rings (SSSR count). The van der Waals surface area contributed by atoms with E-state index in [1.807, 2.05) is 0 Å². The molecule has 0 aromatic rings. The highest BCUT2D eigenvalue weighted by molar-refractivity contribution is 4.90. The van der Waals surface area contributed by atoms with Gasteiger partial charge in [0.2, 0.25) is 5.79 Å². The maximum absolute atomic E-state index is 9.24. The van der Waals surface area contributed by atoms with Crippen molar-refractivity contribution in [3.05, 3.63) is 0 Å². The van der Waals surface area contributed by atoms with Gasteiger partial charge in [-0.15, -0.1) is 0 Å². The third-order valence-corrected chi connectivity index (χ3v) is 1.91. The van der Waals surface area contributed by atoms with Gasteiger partial charge >= 0.3 is 0 Å². The summed E-state index contributed by atoms with van der Waals surface area (Å²) < 4.78 is 4.56.